The average molecular weight is 676 g/mol. The average Bonchev–Trinajstić information content (AvgIpc) is 3.85. The second-order valence-electron chi connectivity index (χ2n) is 13.0. The number of imidazole rings is 1. The summed E-state index contributed by atoms with van der Waals surface area (Å²) in [5.41, 5.74) is -0.592. The van der Waals surface area contributed by atoms with Crippen molar-refractivity contribution in [2.24, 2.45) is 13.0 Å². The summed E-state index contributed by atoms with van der Waals surface area (Å²) in [4.78, 5) is 32.9. The zero-order valence-electron chi connectivity index (χ0n) is 26.3. The largest absolute Gasteiger partial charge is 0.490 e. The van der Waals surface area contributed by atoms with Crippen molar-refractivity contribution in [3.05, 3.63) is 95.1 Å². The Morgan fingerprint density at radius 2 is 1.92 bits per heavy atom. The first-order chi connectivity index (χ1) is 23.5. The molecule has 1 amide bonds. The zero-order valence-corrected chi connectivity index (χ0v) is 26.3. The highest BCUT2D eigenvalue weighted by Crippen LogP contribution is 2.48. The van der Waals surface area contributed by atoms with Gasteiger partial charge in [-0.25, -0.2) is 13.8 Å². The standard InChI is InChI=1S/C36H30F5N5O3/c1-44-18-42-32-27(44)16-24(36(39,40)41)30-23-4-2-10-46-28(15-20(33(23)46)8-11-49-35(30)32)34(48)21-13-25(37)31(26(38)14-21)43-29(47)5-3-9-45-17-19-6-7-22(45)12-19/h2-5,10,13-16,18-19,22H,6-9,11-12,17H2,1H3,(H,43,47)/b5-3+. The van der Waals surface area contributed by atoms with Crippen LogP contribution >= 0.6 is 0 Å². The summed E-state index contributed by atoms with van der Waals surface area (Å²) >= 11 is 0. The van der Waals surface area contributed by atoms with Crippen molar-refractivity contribution >= 4 is 33.9 Å². The number of fused-ring (bicyclic) bond motifs is 6. The van der Waals surface area contributed by atoms with Crippen LogP contribution in [0.25, 0.3) is 27.7 Å². The third kappa shape index (κ3) is 5.27. The van der Waals surface area contributed by atoms with Gasteiger partial charge in [0.15, 0.2) is 5.75 Å². The van der Waals surface area contributed by atoms with Crippen molar-refractivity contribution in [1.82, 2.24) is 18.9 Å². The third-order valence-electron chi connectivity index (χ3n) is 9.95. The minimum atomic E-state index is -4.75. The number of nitrogens with one attached hydrogen (secondary N) is 1. The number of rotatable bonds is 6. The van der Waals surface area contributed by atoms with E-state index in [1.165, 1.54) is 58.6 Å². The second kappa shape index (κ2) is 11.5. The van der Waals surface area contributed by atoms with Crippen LogP contribution in [0.2, 0.25) is 0 Å². The lowest BCUT2D eigenvalue weighted by Gasteiger charge is -2.25. The topological polar surface area (TPSA) is 80.9 Å². The number of hydrogen-bond donors (Lipinski definition) is 1. The molecule has 0 radical (unpaired) electrons. The lowest BCUT2D eigenvalue weighted by atomic mass is 9.94. The Morgan fingerprint density at radius 1 is 1.12 bits per heavy atom. The van der Waals surface area contributed by atoms with Crippen molar-refractivity contribution in [1.29, 1.82) is 0 Å². The van der Waals surface area contributed by atoms with E-state index in [0.29, 0.717) is 29.6 Å². The fraction of sp³-hybridized carbons (Fsp3) is 0.306. The van der Waals surface area contributed by atoms with Crippen LogP contribution in [-0.2, 0) is 24.4 Å². The van der Waals surface area contributed by atoms with E-state index in [0.717, 1.165) is 31.2 Å². The number of carbonyl (C=O) groups excluding carboxylic acids is 2. The molecule has 0 spiro atoms. The van der Waals surface area contributed by atoms with Gasteiger partial charge in [-0.2, -0.15) is 13.2 Å². The molecule has 252 valence electrons. The van der Waals surface area contributed by atoms with Gasteiger partial charge in [-0.05, 0) is 61.1 Å². The van der Waals surface area contributed by atoms with Crippen LogP contribution in [0.1, 0.15) is 46.4 Å². The van der Waals surface area contributed by atoms with Crippen LogP contribution in [0.5, 0.6) is 5.75 Å². The molecule has 1 aliphatic carbocycles. The SMILES string of the molecule is Cn1cnc2c3c(c(C(F)(F)F)cc21)-c1cccn2c(C(=O)c4cc(F)c(NC(=O)/C=C/CN5CC6CCC5C6)c(F)c4)cc(c12)CCO3. The molecule has 8 nitrogen and oxygen atoms in total. The van der Waals surface area contributed by atoms with Crippen LogP contribution in [0.3, 0.4) is 0 Å². The van der Waals surface area contributed by atoms with E-state index in [1.54, 1.807) is 13.1 Å². The molecule has 2 atom stereocenters. The van der Waals surface area contributed by atoms with E-state index >= 15 is 8.78 Å². The van der Waals surface area contributed by atoms with Gasteiger partial charge in [0.2, 0.25) is 11.7 Å². The van der Waals surface area contributed by atoms with Gasteiger partial charge in [-0.3, -0.25) is 14.5 Å². The zero-order chi connectivity index (χ0) is 34.2. The van der Waals surface area contributed by atoms with Gasteiger partial charge >= 0.3 is 6.18 Å². The number of pyridine rings is 1. The number of benzene rings is 2. The first-order valence-corrected chi connectivity index (χ1v) is 16.0. The highest BCUT2D eigenvalue weighted by atomic mass is 19.4. The fourth-order valence-electron chi connectivity index (χ4n) is 7.72. The normalized spacial score (nSPS) is 19.0. The maximum absolute atomic E-state index is 15.3. The molecular formula is C36H30F5N5O3. The number of hydrogen-bond acceptors (Lipinski definition) is 5. The number of aryl methyl sites for hydroxylation is 1. The van der Waals surface area contributed by atoms with E-state index in [-0.39, 0.29) is 52.2 Å². The summed E-state index contributed by atoms with van der Waals surface area (Å²) in [6.07, 6.45) is 4.87. The molecule has 8 rings (SSSR count). The number of ketones is 1. The van der Waals surface area contributed by atoms with Crippen molar-refractivity contribution in [2.45, 2.75) is 37.9 Å². The maximum Gasteiger partial charge on any atom is 0.417 e. The molecule has 2 aliphatic heterocycles. The van der Waals surface area contributed by atoms with Crippen LogP contribution in [0.15, 0.2) is 61.1 Å². The van der Waals surface area contributed by atoms with Crippen LogP contribution in [-0.4, -0.2) is 56.3 Å². The predicted octanol–water partition coefficient (Wildman–Crippen LogP) is 6.93. The van der Waals surface area contributed by atoms with Gasteiger partial charge in [0, 0.05) is 61.6 Å². The molecule has 1 saturated heterocycles. The summed E-state index contributed by atoms with van der Waals surface area (Å²) in [6.45, 7) is 1.55. The Balaban J connectivity index is 1.12. The number of carbonyl (C=O) groups is 2. The lowest BCUT2D eigenvalue weighted by molar-refractivity contribution is -0.137. The smallest absolute Gasteiger partial charge is 0.417 e. The van der Waals surface area contributed by atoms with Gasteiger partial charge in [-0.15, -0.1) is 0 Å². The highest BCUT2D eigenvalue weighted by Gasteiger charge is 2.39. The Bertz CT molecular complexity index is 2200. The highest BCUT2D eigenvalue weighted by molar-refractivity contribution is 6.10. The molecule has 2 bridgehead atoms. The Morgan fingerprint density at radius 3 is 2.63 bits per heavy atom. The van der Waals surface area contributed by atoms with Crippen LogP contribution in [0, 0.1) is 17.6 Å². The minimum absolute atomic E-state index is 0.00286. The van der Waals surface area contributed by atoms with Crippen molar-refractivity contribution in [3.8, 4) is 16.9 Å². The molecule has 5 aromatic rings. The molecule has 1 saturated carbocycles. The minimum Gasteiger partial charge on any atom is -0.490 e. The van der Waals surface area contributed by atoms with Crippen LogP contribution < -0.4 is 10.1 Å². The molecule has 1 N–H and O–H groups in total. The first kappa shape index (κ1) is 31.2. The third-order valence-corrected chi connectivity index (χ3v) is 9.95. The molecule has 2 aromatic carbocycles. The first-order valence-electron chi connectivity index (χ1n) is 16.0. The number of nitrogens with zero attached hydrogens (tertiary/aromatic N) is 4. The van der Waals surface area contributed by atoms with Gasteiger partial charge in [-0.1, -0.05) is 12.1 Å². The lowest BCUT2D eigenvalue weighted by Crippen LogP contribution is -2.32. The van der Waals surface area contributed by atoms with E-state index in [2.05, 4.69) is 15.2 Å². The predicted molar refractivity (Wildman–Crippen MR) is 172 cm³/mol. The summed E-state index contributed by atoms with van der Waals surface area (Å²) in [5.74, 6) is -3.06. The molecule has 3 aromatic heterocycles. The second-order valence-corrected chi connectivity index (χ2v) is 13.0. The van der Waals surface area contributed by atoms with E-state index in [1.807, 2.05) is 0 Å². The van der Waals surface area contributed by atoms with Crippen molar-refractivity contribution in [3.63, 3.8) is 0 Å². The van der Waals surface area contributed by atoms with E-state index in [4.69, 9.17) is 4.74 Å². The summed E-state index contributed by atoms with van der Waals surface area (Å²) in [5, 5.41) is 2.23. The summed E-state index contributed by atoms with van der Waals surface area (Å²) in [6, 6.07) is 7.75. The van der Waals surface area contributed by atoms with Gasteiger partial charge in [0.25, 0.3) is 0 Å². The monoisotopic (exact) mass is 675 g/mol. The van der Waals surface area contributed by atoms with Crippen LogP contribution in [0.4, 0.5) is 27.6 Å². The molecular weight excluding hydrogens is 645 g/mol. The summed E-state index contributed by atoms with van der Waals surface area (Å²) in [7, 11) is 1.59. The van der Waals surface area contributed by atoms with Gasteiger partial charge in [0.05, 0.1) is 35.2 Å². The number of anilines is 1. The van der Waals surface area contributed by atoms with E-state index in [9.17, 15) is 22.8 Å². The number of aromatic nitrogens is 3. The number of piperidine rings is 1. The Hall–Kier alpha value is -5.04. The van der Waals surface area contributed by atoms with Gasteiger partial charge < -0.3 is 19.0 Å². The van der Waals surface area contributed by atoms with Crippen molar-refractivity contribution in [2.75, 3.05) is 25.0 Å². The molecule has 3 aliphatic rings. The molecule has 2 unspecified atom stereocenters. The Kier molecular flexibility index (Phi) is 7.36. The quantitative estimate of drug-likeness (QED) is 0.120. The van der Waals surface area contributed by atoms with E-state index < -0.39 is 40.8 Å². The number of amides is 1. The number of ether oxygens (including phenoxy) is 1. The summed E-state index contributed by atoms with van der Waals surface area (Å²) < 4.78 is 83.1. The van der Waals surface area contributed by atoms with Crippen molar-refractivity contribution < 1.29 is 36.3 Å². The molecule has 49 heavy (non-hydrogen) atoms. The van der Waals surface area contributed by atoms with Gasteiger partial charge in [0.1, 0.15) is 22.8 Å². The molecule has 5 heterocycles. The Labute approximate surface area is 276 Å². The number of halogens is 5. The number of likely N-dealkylation sites (tertiary alicyclic amines) is 1. The fourth-order valence-corrected chi connectivity index (χ4v) is 7.72. The molecule has 13 heteroatoms. The number of alkyl halides is 3. The molecule has 2 fully saturated rings. The maximum atomic E-state index is 15.3.